The topological polar surface area (TPSA) is 42.1 Å². The van der Waals surface area contributed by atoms with Crippen molar-refractivity contribution in [2.75, 3.05) is 13.1 Å². The van der Waals surface area contributed by atoms with E-state index in [1.165, 1.54) is 17.4 Å². The van der Waals surface area contributed by atoms with Crippen LogP contribution in [0.25, 0.3) is 10.9 Å². The lowest BCUT2D eigenvalue weighted by atomic mass is 10.0. The van der Waals surface area contributed by atoms with Crippen molar-refractivity contribution in [3.05, 3.63) is 42.1 Å². The molecule has 1 aromatic heterocycles. The van der Waals surface area contributed by atoms with Gasteiger partial charge in [0.1, 0.15) is 0 Å². The van der Waals surface area contributed by atoms with Crippen LogP contribution < -0.4 is 5.73 Å². The summed E-state index contributed by atoms with van der Waals surface area (Å²) < 4.78 is 0. The average molecular weight is 255 g/mol. The van der Waals surface area contributed by atoms with Gasteiger partial charge in [-0.1, -0.05) is 18.2 Å². The van der Waals surface area contributed by atoms with Crippen molar-refractivity contribution >= 4 is 10.9 Å². The van der Waals surface area contributed by atoms with Gasteiger partial charge in [0.05, 0.1) is 5.52 Å². The lowest BCUT2D eigenvalue weighted by Crippen LogP contribution is -2.29. The van der Waals surface area contributed by atoms with Crippen LogP contribution in [0.3, 0.4) is 0 Å². The highest BCUT2D eigenvalue weighted by molar-refractivity contribution is 5.78. The first kappa shape index (κ1) is 12.6. The molecule has 1 aliphatic heterocycles. The molecule has 0 amide bonds. The second-order valence-electron chi connectivity index (χ2n) is 5.68. The first-order chi connectivity index (χ1) is 9.22. The van der Waals surface area contributed by atoms with Gasteiger partial charge in [-0.05, 0) is 43.5 Å². The zero-order valence-electron chi connectivity index (χ0n) is 11.4. The molecule has 0 spiro atoms. The van der Waals surface area contributed by atoms with E-state index >= 15 is 0 Å². The molecule has 3 rings (SSSR count). The molecule has 3 heteroatoms. The van der Waals surface area contributed by atoms with E-state index in [2.05, 4.69) is 41.1 Å². The molecule has 1 aliphatic rings. The maximum Gasteiger partial charge on any atom is 0.0702 e. The second-order valence-corrected chi connectivity index (χ2v) is 5.68. The van der Waals surface area contributed by atoms with E-state index in [0.717, 1.165) is 25.2 Å². The van der Waals surface area contributed by atoms with Crippen molar-refractivity contribution < 1.29 is 0 Å². The summed E-state index contributed by atoms with van der Waals surface area (Å²) in [6, 6.07) is 10.8. The molecule has 2 heterocycles. The number of hydrogen-bond acceptors (Lipinski definition) is 3. The van der Waals surface area contributed by atoms with Crippen LogP contribution >= 0.6 is 0 Å². The van der Waals surface area contributed by atoms with Crippen molar-refractivity contribution in [1.29, 1.82) is 0 Å². The smallest absolute Gasteiger partial charge is 0.0702 e. The van der Waals surface area contributed by atoms with Gasteiger partial charge in [0, 0.05) is 30.7 Å². The highest BCUT2D eigenvalue weighted by atomic mass is 15.1. The number of benzene rings is 1. The Kier molecular flexibility index (Phi) is 3.49. The molecule has 2 atom stereocenters. The standard InChI is InChI=1S/C16H21N3/c1-12(17)15-6-7-19(11-15)10-13-8-14-4-2-3-5-16(14)18-9-13/h2-5,8-9,12,15H,6-7,10-11,17H2,1H3. The van der Waals surface area contributed by atoms with Crippen molar-refractivity contribution in [3.63, 3.8) is 0 Å². The molecule has 0 radical (unpaired) electrons. The van der Waals surface area contributed by atoms with E-state index < -0.39 is 0 Å². The molecule has 19 heavy (non-hydrogen) atoms. The number of nitrogens with zero attached hydrogens (tertiary/aromatic N) is 2. The van der Waals surface area contributed by atoms with Crippen LogP contribution in [0.2, 0.25) is 0 Å². The number of pyridine rings is 1. The fraction of sp³-hybridized carbons (Fsp3) is 0.438. The number of nitrogens with two attached hydrogens (primary N) is 1. The summed E-state index contributed by atoms with van der Waals surface area (Å²) in [6.07, 6.45) is 3.22. The van der Waals surface area contributed by atoms with Crippen molar-refractivity contribution in [2.24, 2.45) is 11.7 Å². The fourth-order valence-electron chi connectivity index (χ4n) is 2.90. The number of para-hydroxylation sites is 1. The first-order valence-corrected chi connectivity index (χ1v) is 7.04. The fourth-order valence-corrected chi connectivity index (χ4v) is 2.90. The maximum absolute atomic E-state index is 5.99. The third-order valence-corrected chi connectivity index (χ3v) is 4.11. The molecular formula is C16H21N3. The lowest BCUT2D eigenvalue weighted by molar-refractivity contribution is 0.308. The van der Waals surface area contributed by atoms with Gasteiger partial charge in [0.15, 0.2) is 0 Å². The predicted molar refractivity (Wildman–Crippen MR) is 78.8 cm³/mol. The SMILES string of the molecule is CC(N)C1CCN(Cc2cnc3ccccc3c2)C1. The highest BCUT2D eigenvalue weighted by Crippen LogP contribution is 2.21. The predicted octanol–water partition coefficient (Wildman–Crippen LogP) is 2.40. The zero-order chi connectivity index (χ0) is 13.2. The van der Waals surface area contributed by atoms with Crippen molar-refractivity contribution in [3.8, 4) is 0 Å². The largest absolute Gasteiger partial charge is 0.328 e. The van der Waals surface area contributed by atoms with E-state index in [0.29, 0.717) is 12.0 Å². The molecule has 2 N–H and O–H groups in total. The van der Waals surface area contributed by atoms with Crippen molar-refractivity contribution in [2.45, 2.75) is 25.9 Å². The van der Waals surface area contributed by atoms with Gasteiger partial charge in [-0.15, -0.1) is 0 Å². The first-order valence-electron chi connectivity index (χ1n) is 7.04. The van der Waals surface area contributed by atoms with Crippen LogP contribution in [0.1, 0.15) is 18.9 Å². The Morgan fingerprint density at radius 2 is 2.26 bits per heavy atom. The van der Waals surface area contributed by atoms with Crippen LogP contribution in [0.15, 0.2) is 36.5 Å². The molecule has 2 aromatic rings. The van der Waals surface area contributed by atoms with Gasteiger partial charge in [-0.2, -0.15) is 0 Å². The Hall–Kier alpha value is -1.45. The van der Waals surface area contributed by atoms with Gasteiger partial charge >= 0.3 is 0 Å². The molecule has 1 fully saturated rings. The summed E-state index contributed by atoms with van der Waals surface area (Å²) in [7, 11) is 0. The molecule has 0 bridgehead atoms. The van der Waals surface area contributed by atoms with E-state index in [9.17, 15) is 0 Å². The second kappa shape index (κ2) is 5.27. The molecule has 1 saturated heterocycles. The van der Waals surface area contributed by atoms with E-state index in [-0.39, 0.29) is 0 Å². The summed E-state index contributed by atoms with van der Waals surface area (Å²) in [6.45, 7) is 5.37. The summed E-state index contributed by atoms with van der Waals surface area (Å²) in [5, 5.41) is 1.22. The zero-order valence-corrected chi connectivity index (χ0v) is 11.4. The van der Waals surface area contributed by atoms with Gasteiger partial charge < -0.3 is 5.73 Å². The van der Waals surface area contributed by atoms with Gasteiger partial charge in [-0.25, -0.2) is 0 Å². The lowest BCUT2D eigenvalue weighted by Gasteiger charge is -2.17. The minimum Gasteiger partial charge on any atom is -0.328 e. The van der Waals surface area contributed by atoms with Crippen LogP contribution in [-0.2, 0) is 6.54 Å². The van der Waals surface area contributed by atoms with Crippen LogP contribution in [-0.4, -0.2) is 29.0 Å². The Balaban J connectivity index is 1.72. The van der Waals surface area contributed by atoms with Gasteiger partial charge in [0.2, 0.25) is 0 Å². The molecular weight excluding hydrogens is 234 g/mol. The van der Waals surface area contributed by atoms with Crippen LogP contribution in [0.4, 0.5) is 0 Å². The maximum atomic E-state index is 5.99. The number of rotatable bonds is 3. The molecule has 1 aromatic carbocycles. The Morgan fingerprint density at radius 3 is 3.05 bits per heavy atom. The summed E-state index contributed by atoms with van der Waals surface area (Å²) in [5.41, 5.74) is 8.35. The number of fused-ring (bicyclic) bond motifs is 1. The number of hydrogen-bond donors (Lipinski definition) is 1. The molecule has 0 aliphatic carbocycles. The van der Waals surface area contributed by atoms with Crippen molar-refractivity contribution in [1.82, 2.24) is 9.88 Å². The average Bonchev–Trinajstić information content (AvgIpc) is 2.87. The number of likely N-dealkylation sites (tertiary alicyclic amines) is 1. The minimum atomic E-state index is 0.305. The third-order valence-electron chi connectivity index (χ3n) is 4.11. The van der Waals surface area contributed by atoms with Crippen LogP contribution in [0, 0.1) is 5.92 Å². The molecule has 3 nitrogen and oxygen atoms in total. The minimum absolute atomic E-state index is 0.305. The summed E-state index contributed by atoms with van der Waals surface area (Å²) in [4.78, 5) is 7.01. The normalized spacial score (nSPS) is 21.9. The molecule has 0 saturated carbocycles. The highest BCUT2D eigenvalue weighted by Gasteiger charge is 2.24. The Morgan fingerprint density at radius 1 is 1.42 bits per heavy atom. The Labute approximate surface area is 114 Å². The van der Waals surface area contributed by atoms with Crippen LogP contribution in [0.5, 0.6) is 0 Å². The molecule has 2 unspecified atom stereocenters. The quantitative estimate of drug-likeness (QED) is 0.915. The van der Waals surface area contributed by atoms with E-state index in [1.54, 1.807) is 0 Å². The van der Waals surface area contributed by atoms with E-state index in [4.69, 9.17) is 5.73 Å². The Bertz CT molecular complexity index is 565. The monoisotopic (exact) mass is 255 g/mol. The molecule has 100 valence electrons. The third kappa shape index (κ3) is 2.77. The van der Waals surface area contributed by atoms with E-state index in [1.807, 2.05) is 12.3 Å². The summed E-state index contributed by atoms with van der Waals surface area (Å²) >= 11 is 0. The van der Waals surface area contributed by atoms with Gasteiger partial charge in [0.25, 0.3) is 0 Å². The summed E-state index contributed by atoms with van der Waals surface area (Å²) in [5.74, 6) is 0.647. The van der Waals surface area contributed by atoms with Gasteiger partial charge in [-0.3, -0.25) is 9.88 Å². The number of aromatic nitrogens is 1.